The zero-order valence-corrected chi connectivity index (χ0v) is 33.0. The first-order valence-electron chi connectivity index (χ1n) is 19.4. The van der Waals surface area contributed by atoms with Crippen molar-refractivity contribution in [2.75, 3.05) is 46.2 Å². The van der Waals surface area contributed by atoms with Crippen LogP contribution in [-0.4, -0.2) is 89.5 Å². The molecular formula is C42H53N7O7. The lowest BCUT2D eigenvalue weighted by Crippen LogP contribution is -2.52. The van der Waals surface area contributed by atoms with E-state index in [-0.39, 0.29) is 36.2 Å². The van der Waals surface area contributed by atoms with Crippen LogP contribution in [0.2, 0.25) is 0 Å². The van der Waals surface area contributed by atoms with Crippen LogP contribution >= 0.6 is 0 Å². The second-order valence-electron chi connectivity index (χ2n) is 14.8. The number of aromatic nitrogens is 2. The van der Waals surface area contributed by atoms with Crippen LogP contribution < -0.4 is 31.0 Å². The average molecular weight is 768 g/mol. The number of piperidine rings is 1. The van der Waals surface area contributed by atoms with Crippen LogP contribution in [0.15, 0.2) is 53.6 Å². The molecule has 0 bridgehead atoms. The summed E-state index contributed by atoms with van der Waals surface area (Å²) in [6.45, 7) is 2.42. The topological polar surface area (TPSA) is 156 Å². The fourth-order valence-electron chi connectivity index (χ4n) is 7.81. The summed E-state index contributed by atoms with van der Waals surface area (Å²) in [6, 6.07) is 10.8. The number of hydrogen-bond donors (Lipinski definition) is 3. The molecule has 0 aliphatic carbocycles. The number of unbranched alkanes of at least 4 members (excludes halogenated alkanes) is 5. The van der Waals surface area contributed by atoms with Gasteiger partial charge in [-0.25, -0.2) is 0 Å². The molecule has 2 aliphatic rings. The summed E-state index contributed by atoms with van der Waals surface area (Å²) in [5, 5.41) is 9.74. The molecule has 1 fully saturated rings. The van der Waals surface area contributed by atoms with Crippen molar-refractivity contribution >= 4 is 40.2 Å². The number of fused-ring (bicyclic) bond motifs is 2. The maximum Gasteiger partial charge on any atom is 0.274 e. The second kappa shape index (κ2) is 17.9. The highest BCUT2D eigenvalue weighted by atomic mass is 16.5. The van der Waals surface area contributed by atoms with Gasteiger partial charge in [-0.3, -0.25) is 34.2 Å². The third-order valence-electron chi connectivity index (χ3n) is 10.8. The van der Waals surface area contributed by atoms with E-state index < -0.39 is 11.9 Å². The summed E-state index contributed by atoms with van der Waals surface area (Å²) in [7, 11) is 8.73. The molecule has 4 amide bonds. The number of amides is 4. The molecule has 56 heavy (non-hydrogen) atoms. The molecule has 6 rings (SSSR count). The summed E-state index contributed by atoms with van der Waals surface area (Å²) >= 11 is 0. The minimum atomic E-state index is -0.623. The van der Waals surface area contributed by atoms with Gasteiger partial charge in [0.25, 0.3) is 11.5 Å². The first kappa shape index (κ1) is 40.0. The molecule has 0 saturated carbocycles. The minimum absolute atomic E-state index is 0.0425. The molecule has 4 heterocycles. The number of likely N-dealkylation sites (N-methyl/N-ethyl adjacent to an activating group) is 1. The Kier molecular flexibility index (Phi) is 12.8. The van der Waals surface area contributed by atoms with Crippen LogP contribution in [0.5, 0.6) is 11.5 Å². The summed E-state index contributed by atoms with van der Waals surface area (Å²) in [6.07, 6.45) is 10.5. The maximum absolute atomic E-state index is 13.1. The maximum atomic E-state index is 13.1. The molecule has 2 aromatic heterocycles. The van der Waals surface area contributed by atoms with Crippen LogP contribution in [0.4, 0.5) is 5.69 Å². The van der Waals surface area contributed by atoms with Gasteiger partial charge in [0, 0.05) is 86.9 Å². The number of carbonyl (C=O) groups is 4. The summed E-state index contributed by atoms with van der Waals surface area (Å²) < 4.78 is 15.0. The molecule has 2 aliphatic heterocycles. The Hall–Kier alpha value is -5.63. The van der Waals surface area contributed by atoms with Gasteiger partial charge in [0.1, 0.15) is 23.1 Å². The van der Waals surface area contributed by atoms with E-state index in [1.54, 1.807) is 36.8 Å². The smallest absolute Gasteiger partial charge is 0.274 e. The van der Waals surface area contributed by atoms with Crippen molar-refractivity contribution in [3.63, 3.8) is 0 Å². The number of pyridine rings is 1. The zero-order chi connectivity index (χ0) is 39.9. The first-order valence-corrected chi connectivity index (χ1v) is 19.4. The molecule has 14 nitrogen and oxygen atoms in total. The van der Waals surface area contributed by atoms with Crippen molar-refractivity contribution in [2.24, 2.45) is 14.1 Å². The van der Waals surface area contributed by atoms with Crippen LogP contribution in [0.3, 0.4) is 0 Å². The lowest BCUT2D eigenvalue weighted by atomic mass is 10.00. The Bertz CT molecular complexity index is 2150. The van der Waals surface area contributed by atoms with Crippen LogP contribution in [-0.2, 0) is 41.6 Å². The van der Waals surface area contributed by atoms with Crippen molar-refractivity contribution in [1.29, 1.82) is 0 Å². The molecule has 0 radical (unpaired) electrons. The Morgan fingerprint density at radius 2 is 1.61 bits per heavy atom. The molecule has 2 aromatic carbocycles. The Morgan fingerprint density at radius 3 is 2.30 bits per heavy atom. The van der Waals surface area contributed by atoms with Crippen molar-refractivity contribution in [3.05, 3.63) is 75.8 Å². The van der Waals surface area contributed by atoms with Gasteiger partial charge in [-0.05, 0) is 62.2 Å². The molecule has 298 valence electrons. The Morgan fingerprint density at radius 1 is 0.911 bits per heavy atom. The van der Waals surface area contributed by atoms with Gasteiger partial charge < -0.3 is 34.1 Å². The number of aryl methyl sites for hydroxylation is 2. The third-order valence-corrected chi connectivity index (χ3v) is 10.8. The fraction of sp³-hybridized carbons (Fsp3) is 0.452. The number of nitrogens with zero attached hydrogens (tertiary/aromatic N) is 4. The standard InChI is InChI=1S/C42H53N7O7/c1-46(23-32-35(55-4)21-27(22-36(32)56-5)30-24-48(3)42(54)39-28(30)17-20-47(39)2)26-38(51)44-19-11-9-7-6-8-10-18-43-33-14-12-13-29-31(33)25-49(41(29)53)34-15-16-37(50)45-40(34)52/h12-14,17,20-22,24,34,43H,6-11,15-16,18-19,23,25-26H2,1-5H3,(H,44,51)(H,45,50,52). The van der Waals surface area contributed by atoms with Gasteiger partial charge in [0.2, 0.25) is 17.7 Å². The van der Waals surface area contributed by atoms with Gasteiger partial charge in [-0.1, -0.05) is 31.7 Å². The van der Waals surface area contributed by atoms with Crippen molar-refractivity contribution in [1.82, 2.24) is 29.6 Å². The number of ether oxygens (including phenoxy) is 2. The van der Waals surface area contributed by atoms with Crippen LogP contribution in [0.25, 0.3) is 22.0 Å². The van der Waals surface area contributed by atoms with E-state index >= 15 is 0 Å². The highest BCUT2D eigenvalue weighted by Gasteiger charge is 2.39. The van der Waals surface area contributed by atoms with Crippen molar-refractivity contribution in [3.8, 4) is 22.6 Å². The highest BCUT2D eigenvalue weighted by molar-refractivity contribution is 6.06. The molecular weight excluding hydrogens is 715 g/mol. The van der Waals surface area contributed by atoms with Crippen molar-refractivity contribution < 1.29 is 28.7 Å². The summed E-state index contributed by atoms with van der Waals surface area (Å²) in [4.78, 5) is 66.2. The highest BCUT2D eigenvalue weighted by Crippen LogP contribution is 2.38. The van der Waals surface area contributed by atoms with Crippen LogP contribution in [0.1, 0.15) is 72.9 Å². The SMILES string of the molecule is COc1cc(-c2cn(C)c(=O)c3c2ccn3C)cc(OC)c1CN(C)CC(=O)NCCCCCCCCNc1cccc2c1CN(C1CCC(=O)NC1=O)C2=O. The number of imide groups is 1. The fourth-order valence-corrected chi connectivity index (χ4v) is 7.81. The van der Waals surface area contributed by atoms with E-state index in [2.05, 4.69) is 16.0 Å². The summed E-state index contributed by atoms with van der Waals surface area (Å²) in [5.74, 6) is 0.368. The number of anilines is 1. The predicted molar refractivity (Wildman–Crippen MR) is 215 cm³/mol. The number of methoxy groups -OCH3 is 2. The molecule has 4 aromatic rings. The number of rotatable bonds is 18. The van der Waals surface area contributed by atoms with E-state index in [1.807, 2.05) is 66.3 Å². The average Bonchev–Trinajstić information content (AvgIpc) is 3.73. The van der Waals surface area contributed by atoms with Gasteiger partial charge in [0.15, 0.2) is 0 Å². The predicted octanol–water partition coefficient (Wildman–Crippen LogP) is 4.32. The first-order chi connectivity index (χ1) is 27.0. The molecule has 14 heteroatoms. The number of nitrogens with one attached hydrogen (secondary N) is 3. The molecule has 3 N–H and O–H groups in total. The lowest BCUT2D eigenvalue weighted by molar-refractivity contribution is -0.137. The molecule has 0 spiro atoms. The monoisotopic (exact) mass is 767 g/mol. The third kappa shape index (κ3) is 8.75. The molecule has 1 unspecified atom stereocenters. The van der Waals surface area contributed by atoms with Gasteiger partial charge >= 0.3 is 0 Å². The van der Waals surface area contributed by atoms with Crippen LogP contribution in [0, 0.1) is 0 Å². The summed E-state index contributed by atoms with van der Waals surface area (Å²) in [5.41, 5.74) is 5.57. The number of benzene rings is 2. The van der Waals surface area contributed by atoms with Gasteiger partial charge in [-0.15, -0.1) is 0 Å². The van der Waals surface area contributed by atoms with E-state index in [1.165, 1.54) is 0 Å². The Labute approximate surface area is 327 Å². The van der Waals surface area contributed by atoms with E-state index in [0.717, 1.165) is 78.4 Å². The quantitative estimate of drug-likeness (QED) is 0.0992. The lowest BCUT2D eigenvalue weighted by Gasteiger charge is -2.29. The largest absolute Gasteiger partial charge is 0.496 e. The second-order valence-corrected chi connectivity index (χ2v) is 14.8. The number of hydrogen-bond acceptors (Lipinski definition) is 9. The van der Waals surface area contributed by atoms with E-state index in [9.17, 15) is 24.0 Å². The molecule has 1 saturated heterocycles. The molecule has 1 atom stereocenters. The van der Waals surface area contributed by atoms with Gasteiger partial charge in [0.05, 0.1) is 26.3 Å². The van der Waals surface area contributed by atoms with E-state index in [0.29, 0.717) is 48.6 Å². The van der Waals surface area contributed by atoms with Gasteiger partial charge in [-0.2, -0.15) is 0 Å². The van der Waals surface area contributed by atoms with Crippen molar-refractivity contribution in [2.45, 2.75) is 70.5 Å². The van der Waals surface area contributed by atoms with E-state index in [4.69, 9.17) is 9.47 Å². The normalized spacial score (nSPS) is 15.4. The minimum Gasteiger partial charge on any atom is -0.496 e. The number of carbonyl (C=O) groups excluding carboxylic acids is 4. The Balaban J connectivity index is 0.891. The zero-order valence-electron chi connectivity index (χ0n) is 33.0.